The van der Waals surface area contributed by atoms with Crippen LogP contribution in [0, 0.1) is 5.92 Å². The number of anilines is 1. The first-order valence-corrected chi connectivity index (χ1v) is 14.4. The third kappa shape index (κ3) is 7.42. The normalized spacial score (nSPS) is 12.8. The molecule has 0 aliphatic carbocycles. The van der Waals surface area contributed by atoms with Crippen LogP contribution < -0.4 is 16.0 Å². The van der Waals surface area contributed by atoms with Crippen LogP contribution in [0.2, 0.25) is 10.0 Å². The second kappa shape index (κ2) is 13.7. The van der Waals surface area contributed by atoms with Crippen LogP contribution in [0.5, 0.6) is 0 Å². The van der Waals surface area contributed by atoms with Gasteiger partial charge in [-0.1, -0.05) is 114 Å². The van der Waals surface area contributed by atoms with E-state index in [0.717, 1.165) is 0 Å². The molecule has 0 unspecified atom stereocenters. The Hall–Kier alpha value is -3.07. The van der Waals surface area contributed by atoms with Gasteiger partial charge in [-0.05, 0) is 35.7 Å². The van der Waals surface area contributed by atoms with Crippen molar-refractivity contribution in [3.05, 3.63) is 94.5 Å². The molecule has 4 rings (SSSR count). The lowest BCUT2D eigenvalue weighted by molar-refractivity contribution is -0.124. The molecule has 0 saturated carbocycles. The Morgan fingerprint density at radius 3 is 2.24 bits per heavy atom. The smallest absolute Gasteiger partial charge is 0.260 e. The van der Waals surface area contributed by atoms with Gasteiger partial charge in [-0.25, -0.2) is 0 Å². The Bertz CT molecular complexity index is 1490. The Kier molecular flexibility index (Phi) is 10.3. The lowest BCUT2D eigenvalue weighted by Crippen LogP contribution is -2.51. The Morgan fingerprint density at radius 1 is 0.951 bits per heavy atom. The van der Waals surface area contributed by atoms with Crippen LogP contribution in [0.25, 0.3) is 22.6 Å². The van der Waals surface area contributed by atoms with Crippen LogP contribution in [-0.2, 0) is 9.59 Å². The van der Waals surface area contributed by atoms with Crippen molar-refractivity contribution in [2.24, 2.45) is 11.7 Å². The zero-order valence-electron chi connectivity index (χ0n) is 22.2. The predicted molar refractivity (Wildman–Crippen MR) is 165 cm³/mol. The number of aromatic nitrogens is 1. The Morgan fingerprint density at radius 2 is 1.61 bits per heavy atom. The second-order valence-corrected chi connectivity index (χ2v) is 11.6. The van der Waals surface area contributed by atoms with Crippen LogP contribution in [0.15, 0.2) is 83.4 Å². The van der Waals surface area contributed by atoms with E-state index in [-0.39, 0.29) is 18.4 Å². The van der Waals surface area contributed by atoms with Gasteiger partial charge in [-0.3, -0.25) is 9.59 Å². The van der Waals surface area contributed by atoms with Crippen LogP contribution in [0.3, 0.4) is 0 Å². The van der Waals surface area contributed by atoms with Crippen molar-refractivity contribution in [1.29, 1.82) is 0 Å². The molecule has 1 aromatic heterocycles. The highest BCUT2D eigenvalue weighted by Crippen LogP contribution is 2.36. The largest absolute Gasteiger partial charge is 0.356 e. The first-order valence-electron chi connectivity index (χ1n) is 12.8. The van der Waals surface area contributed by atoms with E-state index in [0.29, 0.717) is 43.9 Å². The van der Waals surface area contributed by atoms with E-state index in [4.69, 9.17) is 56.7 Å². The summed E-state index contributed by atoms with van der Waals surface area (Å²) in [6, 6.07) is 21.7. The van der Waals surface area contributed by atoms with Gasteiger partial charge in [0, 0.05) is 35.5 Å². The van der Waals surface area contributed by atoms with Crippen molar-refractivity contribution in [2.45, 2.75) is 30.8 Å². The van der Waals surface area contributed by atoms with E-state index >= 15 is 0 Å². The number of benzene rings is 3. The number of alkyl halides is 2. The number of nitrogens with one attached hydrogen (secondary N) is 1. The summed E-state index contributed by atoms with van der Waals surface area (Å²) in [5, 5.41) is 8.01. The molecule has 3 N–H and O–H groups in total. The molecule has 0 bridgehead atoms. The first-order chi connectivity index (χ1) is 19.6. The Labute approximate surface area is 258 Å². The molecule has 7 nitrogen and oxygen atoms in total. The fraction of sp³-hybridized carbons (Fsp3) is 0.233. The molecule has 0 saturated heterocycles. The maximum Gasteiger partial charge on any atom is 0.260 e. The predicted octanol–water partition coefficient (Wildman–Crippen LogP) is 7.29. The van der Waals surface area contributed by atoms with Gasteiger partial charge in [0.1, 0.15) is 11.7 Å². The minimum Gasteiger partial charge on any atom is -0.356 e. The van der Waals surface area contributed by atoms with E-state index in [1.807, 2.05) is 38.1 Å². The highest BCUT2D eigenvalue weighted by molar-refractivity contribution is 6.54. The summed E-state index contributed by atoms with van der Waals surface area (Å²) in [5.74, 6) is -0.529. The number of halogens is 4. The lowest BCUT2D eigenvalue weighted by atomic mass is 10.0. The van der Waals surface area contributed by atoms with Crippen molar-refractivity contribution in [1.82, 2.24) is 10.5 Å². The molecule has 11 heteroatoms. The van der Waals surface area contributed by atoms with E-state index in [2.05, 4.69) is 10.5 Å². The minimum atomic E-state index is -1.33. The van der Waals surface area contributed by atoms with Gasteiger partial charge in [0.15, 0.2) is 10.6 Å². The summed E-state index contributed by atoms with van der Waals surface area (Å²) >= 11 is 24.8. The molecule has 0 fully saturated rings. The zero-order chi connectivity index (χ0) is 29.7. The summed E-state index contributed by atoms with van der Waals surface area (Å²) in [7, 11) is 0. The molecule has 0 aliphatic heterocycles. The monoisotopic (exact) mass is 632 g/mol. The molecule has 2 amide bonds. The maximum atomic E-state index is 13.2. The van der Waals surface area contributed by atoms with Crippen molar-refractivity contribution in [3.63, 3.8) is 0 Å². The maximum absolute atomic E-state index is 13.2. The van der Waals surface area contributed by atoms with Crippen molar-refractivity contribution in [2.75, 3.05) is 11.4 Å². The van der Waals surface area contributed by atoms with Crippen LogP contribution in [0.1, 0.15) is 25.5 Å². The average molecular weight is 634 g/mol. The fourth-order valence-electron chi connectivity index (χ4n) is 4.24. The van der Waals surface area contributed by atoms with E-state index in [1.54, 1.807) is 54.6 Å². The van der Waals surface area contributed by atoms with Crippen LogP contribution in [0.4, 0.5) is 5.69 Å². The first kappa shape index (κ1) is 30.9. The number of amides is 2. The summed E-state index contributed by atoms with van der Waals surface area (Å²) in [5.41, 5.74) is 9.05. The van der Waals surface area contributed by atoms with Gasteiger partial charge in [0.2, 0.25) is 5.91 Å². The molecule has 0 radical (unpaired) electrons. The van der Waals surface area contributed by atoms with E-state index in [1.165, 1.54) is 4.90 Å². The van der Waals surface area contributed by atoms with Gasteiger partial charge in [0.05, 0.1) is 10.0 Å². The van der Waals surface area contributed by atoms with Gasteiger partial charge in [0.25, 0.3) is 5.91 Å². The zero-order valence-corrected chi connectivity index (χ0v) is 25.3. The van der Waals surface area contributed by atoms with Gasteiger partial charge in [-0.15, -0.1) is 0 Å². The molecular formula is C30H28Cl4N4O3. The average Bonchev–Trinajstić information content (AvgIpc) is 3.44. The summed E-state index contributed by atoms with van der Waals surface area (Å²) in [6.07, 6.45) is 0. The highest BCUT2D eigenvalue weighted by Gasteiger charge is 2.29. The molecule has 214 valence electrons. The van der Waals surface area contributed by atoms with E-state index in [9.17, 15) is 9.59 Å². The number of hydrogen-bond donors (Lipinski definition) is 2. The summed E-state index contributed by atoms with van der Waals surface area (Å²) < 4.78 is 5.60. The van der Waals surface area contributed by atoms with Crippen molar-refractivity contribution in [3.8, 4) is 22.6 Å². The van der Waals surface area contributed by atoms with Gasteiger partial charge >= 0.3 is 0 Å². The number of hydrogen-bond acceptors (Lipinski definition) is 5. The molecule has 1 heterocycles. The molecule has 2 atom stereocenters. The fourth-order valence-corrected chi connectivity index (χ4v) is 5.07. The minimum absolute atomic E-state index is 0.0540. The molecule has 0 aliphatic rings. The van der Waals surface area contributed by atoms with Gasteiger partial charge < -0.3 is 20.5 Å². The summed E-state index contributed by atoms with van der Waals surface area (Å²) in [6.45, 7) is 3.97. The molecule has 0 spiro atoms. The molecule has 4 aromatic rings. The third-order valence-electron chi connectivity index (χ3n) is 6.58. The molecular weight excluding hydrogens is 606 g/mol. The topological polar surface area (TPSA) is 101 Å². The number of nitrogens with zero attached hydrogens (tertiary/aromatic N) is 2. The van der Waals surface area contributed by atoms with Crippen molar-refractivity contribution < 1.29 is 14.1 Å². The third-order valence-corrected chi connectivity index (χ3v) is 7.58. The van der Waals surface area contributed by atoms with E-state index < -0.39 is 22.8 Å². The number of carbonyl (C=O) groups is 2. The lowest BCUT2D eigenvalue weighted by Gasteiger charge is -2.31. The van der Waals surface area contributed by atoms with Gasteiger partial charge in [-0.2, -0.15) is 0 Å². The molecule has 41 heavy (non-hydrogen) atoms. The quantitative estimate of drug-likeness (QED) is 0.179. The molecule has 3 aromatic carbocycles. The standard InChI is InChI=1S/C30H28Cl4N4O3/c1-17(2)24(36-29(39)27(35)18-8-4-3-5-9-18)16-38(30(40)28(33)34)20-11-6-10-19(14-20)25-15-23(37-41-25)26-21(31)12-7-13-22(26)32/h3-15,17,24,27-28H,16,35H2,1-2H3,(H,36,39)/t24-,27+/m1/s1. The highest BCUT2D eigenvalue weighted by atomic mass is 35.5. The number of carbonyl (C=O) groups excluding carboxylic acids is 2. The van der Waals surface area contributed by atoms with Crippen LogP contribution in [-0.4, -0.2) is 34.4 Å². The van der Waals surface area contributed by atoms with Crippen LogP contribution >= 0.6 is 46.4 Å². The summed E-state index contributed by atoms with van der Waals surface area (Å²) in [4.78, 5) is 26.4. The van der Waals surface area contributed by atoms with Crippen molar-refractivity contribution >= 4 is 63.9 Å². The number of nitrogens with two attached hydrogens (primary N) is 1. The SMILES string of the molecule is CC(C)[C@@H](CN(C(=O)C(Cl)Cl)c1cccc(-c2cc(-c3c(Cl)cccc3Cl)no2)c1)NC(=O)[C@@H](N)c1ccccc1. The second-order valence-electron chi connectivity index (χ2n) is 9.72. The Balaban J connectivity index is 1.61. The number of rotatable bonds is 10.